The summed E-state index contributed by atoms with van der Waals surface area (Å²) in [7, 11) is 0. The molecule has 9 heteroatoms. The molecule has 64 heavy (non-hydrogen) atoms. The molecule has 1 heterocycles. The van der Waals surface area contributed by atoms with Gasteiger partial charge in [0.2, 0.25) is 0 Å². The third kappa shape index (κ3) is 36.3. The van der Waals surface area contributed by atoms with Gasteiger partial charge in [-0.25, -0.2) is 0 Å². The van der Waals surface area contributed by atoms with Crippen LogP contribution in [0.4, 0.5) is 0 Å². The van der Waals surface area contributed by atoms with E-state index < -0.39 is 43.4 Å². The zero-order valence-electron chi connectivity index (χ0n) is 41.3. The molecule has 0 saturated carbocycles. The molecule has 1 aliphatic heterocycles. The highest BCUT2D eigenvalue weighted by Crippen LogP contribution is 2.23. The molecule has 6 atom stereocenters. The van der Waals surface area contributed by atoms with E-state index in [1.54, 1.807) is 0 Å². The number of ether oxygens (including phenoxy) is 4. The minimum Gasteiger partial charge on any atom is -0.457 e. The standard InChI is InChI=1S/C55H100O9/c1-3-5-7-9-11-13-15-17-19-21-22-23-24-25-26-27-29-31-33-35-37-39-41-43-45-61-47-49(48-62-55-54(60)53(59)52(58)50(46-56)64-55)63-51(57)44-42-40-38-36-34-32-30-28-20-18-16-14-12-10-8-6-4-2/h5,7,11,13,17,19,22-23,49-50,52-56,58-60H,3-4,6,8-10,12,14-16,18,20-21,24-48H2,1-2H3/b7-5-,13-11-,19-17-,23-22-. The number of aliphatic hydroxyl groups excluding tert-OH is 4. The van der Waals surface area contributed by atoms with Crippen LogP contribution in [0.2, 0.25) is 0 Å². The average molecular weight is 905 g/mol. The molecule has 1 aliphatic rings. The van der Waals surface area contributed by atoms with Crippen LogP contribution in [0.3, 0.4) is 0 Å². The van der Waals surface area contributed by atoms with E-state index >= 15 is 0 Å². The van der Waals surface area contributed by atoms with Crippen molar-refractivity contribution in [2.24, 2.45) is 0 Å². The van der Waals surface area contributed by atoms with Gasteiger partial charge in [0, 0.05) is 13.0 Å². The Balaban J connectivity index is 2.17. The Morgan fingerprint density at radius 1 is 0.516 bits per heavy atom. The molecule has 0 radical (unpaired) electrons. The van der Waals surface area contributed by atoms with Crippen LogP contribution < -0.4 is 0 Å². The maximum absolute atomic E-state index is 12.8. The van der Waals surface area contributed by atoms with Crippen molar-refractivity contribution in [3.05, 3.63) is 48.6 Å². The van der Waals surface area contributed by atoms with Gasteiger partial charge in [0.25, 0.3) is 0 Å². The Morgan fingerprint density at radius 3 is 1.44 bits per heavy atom. The molecule has 6 unspecified atom stereocenters. The Morgan fingerprint density at radius 2 is 0.953 bits per heavy atom. The minimum atomic E-state index is -1.54. The molecule has 374 valence electrons. The molecule has 0 bridgehead atoms. The highest BCUT2D eigenvalue weighted by molar-refractivity contribution is 5.69. The molecule has 0 aromatic rings. The molecule has 0 aromatic carbocycles. The van der Waals surface area contributed by atoms with Crippen LogP contribution in [-0.4, -0.2) is 89.6 Å². The summed E-state index contributed by atoms with van der Waals surface area (Å²) >= 11 is 0. The SMILES string of the molecule is CC/C=C\C/C=C\C/C=C\C/C=C\CCCCCCCCCCCCCOCC(COC1OC(CO)C(O)C(O)C1O)OC(=O)CCCCCCCCCCCCCCCCCCC. The van der Waals surface area contributed by atoms with Crippen molar-refractivity contribution < 1.29 is 44.2 Å². The number of hydrogen-bond acceptors (Lipinski definition) is 9. The number of esters is 1. The molecule has 0 spiro atoms. The smallest absolute Gasteiger partial charge is 0.306 e. The number of aliphatic hydroxyl groups is 4. The lowest BCUT2D eigenvalue weighted by Gasteiger charge is -2.39. The summed E-state index contributed by atoms with van der Waals surface area (Å²) in [4.78, 5) is 12.8. The lowest BCUT2D eigenvalue weighted by atomic mass is 9.99. The Bertz CT molecular complexity index is 1120. The first-order valence-corrected chi connectivity index (χ1v) is 26.7. The fraction of sp³-hybridized carbons (Fsp3) is 0.836. The fourth-order valence-electron chi connectivity index (χ4n) is 8.13. The zero-order chi connectivity index (χ0) is 46.4. The normalized spacial score (nSPS) is 19.9. The van der Waals surface area contributed by atoms with E-state index in [0.717, 1.165) is 57.8 Å². The molecule has 1 fully saturated rings. The topological polar surface area (TPSA) is 135 Å². The molecule has 4 N–H and O–H groups in total. The maximum Gasteiger partial charge on any atom is 0.306 e. The van der Waals surface area contributed by atoms with Gasteiger partial charge in [-0.15, -0.1) is 0 Å². The van der Waals surface area contributed by atoms with Crippen LogP contribution >= 0.6 is 0 Å². The van der Waals surface area contributed by atoms with E-state index in [1.807, 2.05) is 0 Å². The van der Waals surface area contributed by atoms with Crippen molar-refractivity contribution in [3.63, 3.8) is 0 Å². The van der Waals surface area contributed by atoms with E-state index in [2.05, 4.69) is 62.5 Å². The quantitative estimate of drug-likeness (QED) is 0.0267. The van der Waals surface area contributed by atoms with E-state index in [0.29, 0.717) is 13.0 Å². The van der Waals surface area contributed by atoms with Gasteiger partial charge in [0.1, 0.15) is 30.5 Å². The monoisotopic (exact) mass is 905 g/mol. The summed E-state index contributed by atoms with van der Waals surface area (Å²) in [6.45, 7) is 4.47. The van der Waals surface area contributed by atoms with Crippen molar-refractivity contribution in [3.8, 4) is 0 Å². The molecule has 1 saturated heterocycles. The number of carbonyl (C=O) groups is 1. The predicted molar refractivity (Wildman–Crippen MR) is 265 cm³/mol. The predicted octanol–water partition coefficient (Wildman–Crippen LogP) is 13.3. The summed E-state index contributed by atoms with van der Waals surface area (Å²) in [5, 5.41) is 40.3. The van der Waals surface area contributed by atoms with Gasteiger partial charge in [0.05, 0.1) is 19.8 Å². The number of unbranched alkanes of at least 4 members (excludes halogenated alkanes) is 27. The molecule has 1 rings (SSSR count). The van der Waals surface area contributed by atoms with Crippen LogP contribution in [0, 0.1) is 0 Å². The van der Waals surface area contributed by atoms with Crippen molar-refractivity contribution in [2.45, 2.75) is 269 Å². The first kappa shape index (κ1) is 60.2. The van der Waals surface area contributed by atoms with Gasteiger partial charge in [-0.3, -0.25) is 4.79 Å². The highest BCUT2D eigenvalue weighted by Gasteiger charge is 2.44. The largest absolute Gasteiger partial charge is 0.457 e. The van der Waals surface area contributed by atoms with Gasteiger partial charge >= 0.3 is 5.97 Å². The third-order valence-corrected chi connectivity index (χ3v) is 12.3. The Labute approximate surface area is 392 Å². The van der Waals surface area contributed by atoms with Crippen LogP contribution in [0.1, 0.15) is 232 Å². The van der Waals surface area contributed by atoms with Gasteiger partial charge in [-0.05, 0) is 51.4 Å². The number of rotatable bonds is 46. The fourth-order valence-corrected chi connectivity index (χ4v) is 8.13. The van der Waals surface area contributed by atoms with Gasteiger partial charge < -0.3 is 39.4 Å². The second-order valence-corrected chi connectivity index (χ2v) is 18.3. The van der Waals surface area contributed by atoms with E-state index in [9.17, 15) is 25.2 Å². The van der Waals surface area contributed by atoms with Crippen LogP contribution in [-0.2, 0) is 23.7 Å². The molecular weight excluding hydrogens is 805 g/mol. The first-order valence-electron chi connectivity index (χ1n) is 26.7. The summed E-state index contributed by atoms with van der Waals surface area (Å²) in [6, 6.07) is 0. The molecule has 9 nitrogen and oxygen atoms in total. The lowest BCUT2D eigenvalue weighted by molar-refractivity contribution is -0.305. The highest BCUT2D eigenvalue weighted by atomic mass is 16.7. The van der Waals surface area contributed by atoms with Crippen molar-refractivity contribution in [1.82, 2.24) is 0 Å². The molecule has 0 aliphatic carbocycles. The molecule has 0 amide bonds. The second-order valence-electron chi connectivity index (χ2n) is 18.3. The van der Waals surface area contributed by atoms with Gasteiger partial charge in [-0.2, -0.15) is 0 Å². The number of carbonyl (C=O) groups excluding carboxylic acids is 1. The number of allylic oxidation sites excluding steroid dienone is 8. The summed E-state index contributed by atoms with van der Waals surface area (Å²) in [5.74, 6) is -0.311. The minimum absolute atomic E-state index is 0.112. The van der Waals surface area contributed by atoms with Crippen LogP contribution in [0.5, 0.6) is 0 Å². The van der Waals surface area contributed by atoms with E-state index in [4.69, 9.17) is 18.9 Å². The Kier molecular flexibility index (Phi) is 43.5. The third-order valence-electron chi connectivity index (χ3n) is 12.3. The first-order chi connectivity index (χ1) is 31.4. The Hall–Kier alpha value is -1.85. The maximum atomic E-state index is 12.8. The zero-order valence-corrected chi connectivity index (χ0v) is 41.3. The molecule has 0 aromatic heterocycles. The van der Waals surface area contributed by atoms with Crippen molar-refractivity contribution >= 4 is 5.97 Å². The second kappa shape index (κ2) is 46.3. The summed E-state index contributed by atoms with van der Waals surface area (Å²) < 4.78 is 22.9. The van der Waals surface area contributed by atoms with E-state index in [-0.39, 0.29) is 19.2 Å². The number of hydrogen-bond donors (Lipinski definition) is 4. The average Bonchev–Trinajstić information content (AvgIpc) is 3.30. The van der Waals surface area contributed by atoms with Gasteiger partial charge in [0.15, 0.2) is 6.29 Å². The van der Waals surface area contributed by atoms with Gasteiger partial charge in [-0.1, -0.05) is 223 Å². The van der Waals surface area contributed by atoms with Crippen LogP contribution in [0.15, 0.2) is 48.6 Å². The molecular formula is C55H100O9. The van der Waals surface area contributed by atoms with Crippen LogP contribution in [0.25, 0.3) is 0 Å². The van der Waals surface area contributed by atoms with Crippen molar-refractivity contribution in [2.75, 3.05) is 26.4 Å². The summed E-state index contributed by atoms with van der Waals surface area (Å²) in [6.07, 6.45) is 51.5. The lowest BCUT2D eigenvalue weighted by Crippen LogP contribution is -2.59. The van der Waals surface area contributed by atoms with E-state index in [1.165, 1.54) is 154 Å². The summed E-state index contributed by atoms with van der Waals surface area (Å²) in [5.41, 5.74) is 0. The van der Waals surface area contributed by atoms with Crippen molar-refractivity contribution in [1.29, 1.82) is 0 Å².